The van der Waals surface area contributed by atoms with Crippen molar-refractivity contribution in [3.05, 3.63) is 68.8 Å². The number of carbonyl (C=O) groups is 1. The summed E-state index contributed by atoms with van der Waals surface area (Å²) < 4.78 is 0.977. The summed E-state index contributed by atoms with van der Waals surface area (Å²) in [5.41, 5.74) is 3.52. The number of benzene rings is 2. The van der Waals surface area contributed by atoms with E-state index in [1.54, 1.807) is 0 Å². The number of aromatic amines is 1. The van der Waals surface area contributed by atoms with Crippen LogP contribution in [0.2, 0.25) is 5.02 Å². The number of fused-ring (bicyclic) bond motifs is 1. The number of halogens is 2. The van der Waals surface area contributed by atoms with E-state index in [0.29, 0.717) is 5.02 Å². The molecule has 0 saturated carbocycles. The van der Waals surface area contributed by atoms with E-state index in [0.717, 1.165) is 58.4 Å². The van der Waals surface area contributed by atoms with E-state index in [2.05, 4.69) is 26.2 Å². The highest BCUT2D eigenvalue weighted by Crippen LogP contribution is 2.28. The fourth-order valence-electron chi connectivity index (χ4n) is 3.33. The molecule has 27 heavy (non-hydrogen) atoms. The van der Waals surface area contributed by atoms with Crippen LogP contribution in [-0.4, -0.2) is 42.0 Å². The number of hydrogen-bond acceptors (Lipinski definition) is 2. The van der Waals surface area contributed by atoms with Gasteiger partial charge in [0.1, 0.15) is 0 Å². The smallest absolute Gasteiger partial charge is 0.256 e. The topological polar surface area (TPSA) is 48.1 Å². The normalized spacial score (nSPS) is 15.0. The molecule has 0 radical (unpaired) electrons. The number of aromatic nitrogens is 1. The summed E-state index contributed by atoms with van der Waals surface area (Å²) in [6.07, 6.45) is 3.96. The van der Waals surface area contributed by atoms with Crippen molar-refractivity contribution < 1.29 is 4.79 Å². The average Bonchev–Trinajstić information content (AvgIpc) is 3.05. The molecule has 0 bridgehead atoms. The van der Waals surface area contributed by atoms with E-state index in [9.17, 15) is 4.79 Å². The molecule has 6 heteroatoms. The molecular formula is C21H19BrClN3O. The summed E-state index contributed by atoms with van der Waals surface area (Å²) >= 11 is 9.47. The molecule has 0 unspecified atom stereocenters. The number of rotatable bonds is 3. The van der Waals surface area contributed by atoms with Crippen molar-refractivity contribution in [1.82, 2.24) is 15.2 Å². The molecule has 0 spiro atoms. The maximum atomic E-state index is 13.3. The van der Waals surface area contributed by atoms with Gasteiger partial charge in [0.25, 0.3) is 5.91 Å². The Balaban J connectivity index is 1.76. The molecular weight excluding hydrogens is 426 g/mol. The van der Waals surface area contributed by atoms with Gasteiger partial charge in [0.15, 0.2) is 0 Å². The van der Waals surface area contributed by atoms with Crippen molar-refractivity contribution in [3.8, 4) is 0 Å². The number of nitrogens with zero attached hydrogens (tertiary/aromatic N) is 1. The zero-order valence-corrected chi connectivity index (χ0v) is 17.0. The SMILES string of the molecule is O=C(c1c(C=Cc2ccc(Cl)cc2)[nH]c2cc(Br)ccc12)N1CCNCC1. The minimum absolute atomic E-state index is 0.0702. The zero-order chi connectivity index (χ0) is 18.8. The molecule has 1 aliphatic heterocycles. The third-order valence-corrected chi connectivity index (χ3v) is 5.47. The second kappa shape index (κ2) is 7.89. The van der Waals surface area contributed by atoms with Gasteiger partial charge < -0.3 is 15.2 Å². The molecule has 2 heterocycles. The van der Waals surface area contributed by atoms with Crippen LogP contribution in [0.15, 0.2) is 46.9 Å². The molecule has 4 nitrogen and oxygen atoms in total. The predicted molar refractivity (Wildman–Crippen MR) is 115 cm³/mol. The summed E-state index contributed by atoms with van der Waals surface area (Å²) in [6.45, 7) is 3.11. The first-order chi connectivity index (χ1) is 13.1. The van der Waals surface area contributed by atoms with Gasteiger partial charge in [-0.2, -0.15) is 0 Å². The Hall–Kier alpha value is -2.08. The minimum atomic E-state index is 0.0702. The van der Waals surface area contributed by atoms with Crippen LogP contribution in [0.5, 0.6) is 0 Å². The van der Waals surface area contributed by atoms with Gasteiger partial charge in [-0.3, -0.25) is 4.79 Å². The third-order valence-electron chi connectivity index (χ3n) is 4.72. The lowest BCUT2D eigenvalue weighted by Gasteiger charge is -2.27. The van der Waals surface area contributed by atoms with Gasteiger partial charge in [0.05, 0.1) is 11.3 Å². The van der Waals surface area contributed by atoms with Crippen LogP contribution in [-0.2, 0) is 0 Å². The molecule has 2 N–H and O–H groups in total. The van der Waals surface area contributed by atoms with Gasteiger partial charge in [-0.15, -0.1) is 0 Å². The number of hydrogen-bond donors (Lipinski definition) is 2. The van der Waals surface area contributed by atoms with Crippen LogP contribution in [0.25, 0.3) is 23.1 Å². The highest BCUT2D eigenvalue weighted by molar-refractivity contribution is 9.10. The fourth-order valence-corrected chi connectivity index (χ4v) is 3.81. The van der Waals surface area contributed by atoms with Gasteiger partial charge >= 0.3 is 0 Å². The number of piperazine rings is 1. The first kappa shape index (κ1) is 18.3. The molecule has 4 rings (SSSR count). The van der Waals surface area contributed by atoms with Gasteiger partial charge in [-0.05, 0) is 35.9 Å². The van der Waals surface area contributed by atoms with Crippen LogP contribution >= 0.6 is 27.5 Å². The number of H-pyrrole nitrogens is 1. The molecule has 1 saturated heterocycles. The third kappa shape index (κ3) is 3.95. The van der Waals surface area contributed by atoms with Gasteiger partial charge in [-0.1, -0.05) is 51.8 Å². The number of nitrogens with one attached hydrogen (secondary N) is 2. The van der Waals surface area contributed by atoms with Crippen molar-refractivity contribution in [2.75, 3.05) is 26.2 Å². The van der Waals surface area contributed by atoms with Gasteiger partial charge in [-0.25, -0.2) is 0 Å². The van der Waals surface area contributed by atoms with Crippen molar-refractivity contribution in [3.63, 3.8) is 0 Å². The fraction of sp³-hybridized carbons (Fsp3) is 0.190. The van der Waals surface area contributed by atoms with Crippen LogP contribution in [0.3, 0.4) is 0 Å². The largest absolute Gasteiger partial charge is 0.354 e. The maximum absolute atomic E-state index is 13.3. The van der Waals surface area contributed by atoms with Crippen molar-refractivity contribution in [1.29, 1.82) is 0 Å². The lowest BCUT2D eigenvalue weighted by Crippen LogP contribution is -2.46. The lowest BCUT2D eigenvalue weighted by atomic mass is 10.1. The number of carbonyl (C=O) groups excluding carboxylic acids is 1. The molecule has 1 fully saturated rings. The van der Waals surface area contributed by atoms with Crippen LogP contribution in [0.1, 0.15) is 21.6 Å². The van der Waals surface area contributed by atoms with E-state index < -0.39 is 0 Å². The quantitative estimate of drug-likeness (QED) is 0.609. The first-order valence-electron chi connectivity index (χ1n) is 8.87. The van der Waals surface area contributed by atoms with Crippen LogP contribution < -0.4 is 5.32 Å². The Bertz CT molecular complexity index is 1000. The van der Waals surface area contributed by atoms with Crippen LogP contribution in [0, 0.1) is 0 Å². The summed E-state index contributed by atoms with van der Waals surface area (Å²) in [7, 11) is 0. The summed E-state index contributed by atoms with van der Waals surface area (Å²) in [5.74, 6) is 0.0702. The summed E-state index contributed by atoms with van der Waals surface area (Å²) in [5, 5.41) is 4.94. The Labute approximate surface area is 171 Å². The molecule has 138 valence electrons. The van der Waals surface area contributed by atoms with E-state index in [-0.39, 0.29) is 5.91 Å². The van der Waals surface area contributed by atoms with E-state index in [1.165, 1.54) is 0 Å². The highest BCUT2D eigenvalue weighted by Gasteiger charge is 2.23. The number of amides is 1. The summed E-state index contributed by atoms with van der Waals surface area (Å²) in [4.78, 5) is 18.6. The average molecular weight is 445 g/mol. The molecule has 1 aliphatic rings. The molecule has 0 aliphatic carbocycles. The Morgan fingerprint density at radius 1 is 1.07 bits per heavy atom. The van der Waals surface area contributed by atoms with Crippen molar-refractivity contribution >= 4 is 56.5 Å². The predicted octanol–water partition coefficient (Wildman–Crippen LogP) is 4.80. The lowest BCUT2D eigenvalue weighted by molar-refractivity contribution is 0.0737. The van der Waals surface area contributed by atoms with E-state index >= 15 is 0 Å². The minimum Gasteiger partial charge on any atom is -0.354 e. The van der Waals surface area contributed by atoms with Gasteiger partial charge in [0, 0.05) is 46.6 Å². The van der Waals surface area contributed by atoms with Gasteiger partial charge in [0.2, 0.25) is 0 Å². The monoisotopic (exact) mass is 443 g/mol. The second-order valence-corrected chi connectivity index (χ2v) is 7.88. The van der Waals surface area contributed by atoms with Crippen molar-refractivity contribution in [2.45, 2.75) is 0 Å². The molecule has 3 aromatic rings. The maximum Gasteiger partial charge on any atom is 0.256 e. The molecule has 1 amide bonds. The van der Waals surface area contributed by atoms with Crippen molar-refractivity contribution in [2.24, 2.45) is 0 Å². The van der Waals surface area contributed by atoms with E-state index in [1.807, 2.05) is 59.5 Å². The van der Waals surface area contributed by atoms with Crippen LogP contribution in [0.4, 0.5) is 0 Å². The molecule has 2 aromatic carbocycles. The Kier molecular flexibility index (Phi) is 5.34. The second-order valence-electron chi connectivity index (χ2n) is 6.53. The standard InChI is InChI=1S/C21H19BrClN3O/c22-15-4-7-17-19(13-15)25-18(8-3-14-1-5-16(23)6-2-14)20(17)21(27)26-11-9-24-10-12-26/h1-8,13,24-25H,9-12H2. The Morgan fingerprint density at radius 2 is 1.81 bits per heavy atom. The molecule has 1 aromatic heterocycles. The highest BCUT2D eigenvalue weighted by atomic mass is 79.9. The molecule has 0 atom stereocenters. The summed E-state index contributed by atoms with van der Waals surface area (Å²) in [6, 6.07) is 13.6. The first-order valence-corrected chi connectivity index (χ1v) is 10.0. The Morgan fingerprint density at radius 3 is 2.56 bits per heavy atom. The zero-order valence-electron chi connectivity index (χ0n) is 14.6. The van der Waals surface area contributed by atoms with E-state index in [4.69, 9.17) is 11.6 Å².